The van der Waals surface area contributed by atoms with E-state index in [9.17, 15) is 0 Å². The van der Waals surface area contributed by atoms with Gasteiger partial charge in [0.05, 0.1) is 18.5 Å². The molecule has 2 heterocycles. The van der Waals surface area contributed by atoms with E-state index in [2.05, 4.69) is 45.5 Å². The molecule has 0 radical (unpaired) electrons. The minimum Gasteiger partial charge on any atom is -0.496 e. The highest BCUT2D eigenvalue weighted by Gasteiger charge is 2.11. The number of hydrogen-bond acceptors (Lipinski definition) is 3. The Morgan fingerprint density at radius 3 is 2.69 bits per heavy atom. The van der Waals surface area contributed by atoms with Crippen molar-refractivity contribution in [2.45, 2.75) is 6.61 Å². The molecule has 0 aliphatic heterocycles. The molecule has 5 heteroatoms. The molecule has 2 aromatic heterocycles. The van der Waals surface area contributed by atoms with Gasteiger partial charge in [-0.05, 0) is 52.9 Å². The highest BCUT2D eigenvalue weighted by Crippen LogP contribution is 2.33. The predicted molar refractivity (Wildman–Crippen MR) is 129 cm³/mol. The van der Waals surface area contributed by atoms with E-state index >= 15 is 0 Å². The van der Waals surface area contributed by atoms with E-state index in [4.69, 9.17) is 9.47 Å². The number of ether oxygens (including phenoxy) is 2. The van der Waals surface area contributed by atoms with Gasteiger partial charge in [0.25, 0.3) is 0 Å². The average Bonchev–Trinajstić information content (AvgIpc) is 3.51. The number of aromatic amines is 2. The van der Waals surface area contributed by atoms with Crippen LogP contribution in [0.15, 0.2) is 85.1 Å². The van der Waals surface area contributed by atoms with Gasteiger partial charge in [-0.2, -0.15) is 5.10 Å². The van der Waals surface area contributed by atoms with Crippen LogP contribution >= 0.6 is 0 Å². The third-order valence-electron chi connectivity index (χ3n) is 5.33. The molecule has 158 valence electrons. The first-order valence-electron chi connectivity index (χ1n) is 10.4. The summed E-state index contributed by atoms with van der Waals surface area (Å²) in [5, 5.41) is 8.76. The molecule has 3 aromatic carbocycles. The standard InChI is InChI=1S/C27H23N3O2/c1-31-27-17-23(32-18-20-5-3-2-4-6-20)11-12-24(27)26-16-22(29-30-26)10-8-19-7-9-21-13-14-28-25(21)15-19/h2-17,28H,18H2,1H3,(H,29,30)/b10-8+. The van der Waals surface area contributed by atoms with E-state index in [0.717, 1.165) is 45.1 Å². The van der Waals surface area contributed by atoms with Crippen LogP contribution < -0.4 is 9.47 Å². The largest absolute Gasteiger partial charge is 0.496 e. The molecule has 0 fully saturated rings. The molecule has 0 saturated heterocycles. The summed E-state index contributed by atoms with van der Waals surface area (Å²) in [6.07, 6.45) is 6.03. The number of rotatable bonds is 7. The summed E-state index contributed by atoms with van der Waals surface area (Å²) in [5.74, 6) is 1.47. The zero-order valence-electron chi connectivity index (χ0n) is 17.7. The van der Waals surface area contributed by atoms with Crippen LogP contribution in [0.2, 0.25) is 0 Å². The van der Waals surface area contributed by atoms with Crippen molar-refractivity contribution in [2.75, 3.05) is 7.11 Å². The van der Waals surface area contributed by atoms with Gasteiger partial charge in [0.2, 0.25) is 0 Å². The smallest absolute Gasteiger partial charge is 0.132 e. The summed E-state index contributed by atoms with van der Waals surface area (Å²) in [7, 11) is 1.66. The summed E-state index contributed by atoms with van der Waals surface area (Å²) >= 11 is 0. The lowest BCUT2D eigenvalue weighted by Gasteiger charge is -2.10. The molecule has 32 heavy (non-hydrogen) atoms. The number of fused-ring (bicyclic) bond motifs is 1. The number of benzene rings is 3. The van der Waals surface area contributed by atoms with Gasteiger partial charge >= 0.3 is 0 Å². The van der Waals surface area contributed by atoms with Crippen molar-refractivity contribution in [3.63, 3.8) is 0 Å². The molecule has 0 bridgehead atoms. The predicted octanol–water partition coefficient (Wildman–Crippen LogP) is 6.32. The maximum atomic E-state index is 5.92. The molecular formula is C27H23N3O2. The second-order valence-corrected chi connectivity index (χ2v) is 7.50. The summed E-state index contributed by atoms with van der Waals surface area (Å²) in [6, 6.07) is 26.3. The summed E-state index contributed by atoms with van der Waals surface area (Å²) in [4.78, 5) is 3.24. The van der Waals surface area contributed by atoms with Gasteiger partial charge in [-0.3, -0.25) is 5.10 Å². The Labute approximate surface area is 186 Å². The minimum atomic E-state index is 0.509. The summed E-state index contributed by atoms with van der Waals surface area (Å²) in [5.41, 5.74) is 6.00. The quantitative estimate of drug-likeness (QED) is 0.323. The number of H-pyrrole nitrogens is 2. The van der Waals surface area contributed by atoms with Crippen LogP contribution in [0.1, 0.15) is 16.8 Å². The Morgan fingerprint density at radius 1 is 0.906 bits per heavy atom. The highest BCUT2D eigenvalue weighted by atomic mass is 16.5. The maximum Gasteiger partial charge on any atom is 0.132 e. The van der Waals surface area contributed by atoms with E-state index in [1.54, 1.807) is 7.11 Å². The lowest BCUT2D eigenvalue weighted by atomic mass is 10.1. The van der Waals surface area contributed by atoms with Crippen LogP contribution in [0.4, 0.5) is 0 Å². The van der Waals surface area contributed by atoms with E-state index in [1.807, 2.05) is 66.9 Å². The first kappa shape index (κ1) is 19.7. The van der Waals surface area contributed by atoms with Crippen molar-refractivity contribution in [3.8, 4) is 22.8 Å². The van der Waals surface area contributed by atoms with E-state index in [-0.39, 0.29) is 0 Å². The molecule has 2 N–H and O–H groups in total. The zero-order chi connectivity index (χ0) is 21.8. The van der Waals surface area contributed by atoms with Gasteiger partial charge in [-0.25, -0.2) is 0 Å². The monoisotopic (exact) mass is 421 g/mol. The van der Waals surface area contributed by atoms with Crippen LogP contribution in [0, 0.1) is 0 Å². The van der Waals surface area contributed by atoms with Gasteiger partial charge < -0.3 is 14.5 Å². The summed E-state index contributed by atoms with van der Waals surface area (Å²) < 4.78 is 11.5. The second kappa shape index (κ2) is 8.86. The molecule has 5 rings (SSSR count). The average molecular weight is 422 g/mol. The SMILES string of the molecule is COc1cc(OCc2ccccc2)ccc1-c1cc(/C=C/c2ccc3cc[nH]c3c2)[nH]n1. The highest BCUT2D eigenvalue weighted by molar-refractivity contribution is 5.83. The molecule has 0 unspecified atom stereocenters. The Hall–Kier alpha value is -4.25. The Bertz CT molecular complexity index is 1370. The second-order valence-electron chi connectivity index (χ2n) is 7.50. The number of nitrogens with zero attached hydrogens (tertiary/aromatic N) is 1. The molecule has 5 aromatic rings. The topological polar surface area (TPSA) is 62.9 Å². The first-order valence-corrected chi connectivity index (χ1v) is 10.4. The molecule has 5 nitrogen and oxygen atoms in total. The van der Waals surface area contributed by atoms with Crippen LogP contribution in [-0.4, -0.2) is 22.3 Å². The Kier molecular flexibility index (Phi) is 5.45. The lowest BCUT2D eigenvalue weighted by Crippen LogP contribution is -1.96. The number of aromatic nitrogens is 3. The van der Waals surface area contributed by atoms with E-state index in [1.165, 1.54) is 5.39 Å². The molecule has 0 spiro atoms. The molecule has 0 aliphatic rings. The van der Waals surface area contributed by atoms with Crippen molar-refractivity contribution in [3.05, 3.63) is 102 Å². The summed E-state index contributed by atoms with van der Waals surface area (Å²) in [6.45, 7) is 0.509. The van der Waals surface area contributed by atoms with E-state index < -0.39 is 0 Å². The zero-order valence-corrected chi connectivity index (χ0v) is 17.7. The van der Waals surface area contributed by atoms with Crippen molar-refractivity contribution >= 4 is 23.1 Å². The van der Waals surface area contributed by atoms with Crippen LogP contribution in [0.5, 0.6) is 11.5 Å². The van der Waals surface area contributed by atoms with Crippen LogP contribution in [0.25, 0.3) is 34.3 Å². The third-order valence-corrected chi connectivity index (χ3v) is 5.33. The van der Waals surface area contributed by atoms with Crippen molar-refractivity contribution in [2.24, 2.45) is 0 Å². The van der Waals surface area contributed by atoms with E-state index in [0.29, 0.717) is 6.61 Å². The maximum absolute atomic E-state index is 5.92. The Balaban J connectivity index is 1.32. The number of nitrogens with one attached hydrogen (secondary N) is 2. The van der Waals surface area contributed by atoms with Crippen molar-refractivity contribution in [1.82, 2.24) is 15.2 Å². The fourth-order valence-corrected chi connectivity index (χ4v) is 3.63. The third kappa shape index (κ3) is 4.27. The van der Waals surface area contributed by atoms with Gasteiger partial charge in [0.1, 0.15) is 18.1 Å². The van der Waals surface area contributed by atoms with Crippen LogP contribution in [-0.2, 0) is 6.61 Å². The van der Waals surface area contributed by atoms with Crippen molar-refractivity contribution in [1.29, 1.82) is 0 Å². The van der Waals surface area contributed by atoms with Gasteiger partial charge in [0.15, 0.2) is 0 Å². The number of hydrogen-bond donors (Lipinski definition) is 2. The normalized spacial score (nSPS) is 11.3. The lowest BCUT2D eigenvalue weighted by molar-refractivity contribution is 0.304. The molecule has 0 saturated carbocycles. The van der Waals surface area contributed by atoms with Crippen LogP contribution in [0.3, 0.4) is 0 Å². The Morgan fingerprint density at radius 2 is 1.81 bits per heavy atom. The molecule has 0 aliphatic carbocycles. The van der Waals surface area contributed by atoms with Gasteiger partial charge in [-0.15, -0.1) is 0 Å². The van der Waals surface area contributed by atoms with Gasteiger partial charge in [0, 0.05) is 23.3 Å². The molecule has 0 amide bonds. The van der Waals surface area contributed by atoms with Crippen molar-refractivity contribution < 1.29 is 9.47 Å². The van der Waals surface area contributed by atoms with Gasteiger partial charge in [-0.1, -0.05) is 48.5 Å². The fourth-order valence-electron chi connectivity index (χ4n) is 3.63. The number of methoxy groups -OCH3 is 1. The molecular weight excluding hydrogens is 398 g/mol. The molecule has 0 atom stereocenters. The fraction of sp³-hybridized carbons (Fsp3) is 0.0741. The first-order chi connectivity index (χ1) is 15.8. The minimum absolute atomic E-state index is 0.509.